The summed E-state index contributed by atoms with van der Waals surface area (Å²) in [6.07, 6.45) is 8.55. The Morgan fingerprint density at radius 2 is 1.71 bits per heavy atom. The molecule has 3 nitrogen and oxygen atoms in total. The van der Waals surface area contributed by atoms with Gasteiger partial charge in [0.25, 0.3) is 0 Å². The summed E-state index contributed by atoms with van der Waals surface area (Å²) in [4.78, 5) is 13.1. The van der Waals surface area contributed by atoms with Crippen LogP contribution >= 0.6 is 0 Å². The van der Waals surface area contributed by atoms with Crippen molar-refractivity contribution in [1.29, 1.82) is 0 Å². The standard InChI is InChI=1S/C25H25NO2/c1-2-28-25(27)23-21-17-11-3-4-12-18-22(21)26(20-15-9-6-10-16-20)24(23)19-13-7-5-8-14-19/h5-10,12-16,18H,2-4,11,17H2,1H3/b18-12-. The first-order chi connectivity index (χ1) is 13.8. The number of para-hydroxylation sites is 1. The number of rotatable bonds is 4. The molecule has 1 aromatic heterocycles. The van der Waals surface area contributed by atoms with Crippen molar-refractivity contribution in [2.45, 2.75) is 32.6 Å². The lowest BCUT2D eigenvalue weighted by molar-refractivity contribution is 0.0526. The zero-order valence-electron chi connectivity index (χ0n) is 16.2. The molecule has 1 aliphatic rings. The normalized spacial score (nSPS) is 14.6. The monoisotopic (exact) mass is 371 g/mol. The Balaban J connectivity index is 2.08. The van der Waals surface area contributed by atoms with Gasteiger partial charge in [-0.2, -0.15) is 0 Å². The Labute approximate surface area is 166 Å². The zero-order chi connectivity index (χ0) is 19.3. The van der Waals surface area contributed by atoms with Crippen LogP contribution in [-0.2, 0) is 11.2 Å². The van der Waals surface area contributed by atoms with Crippen molar-refractivity contribution in [2.24, 2.45) is 0 Å². The molecule has 1 heterocycles. The SMILES string of the molecule is CCOC(=O)c1c2c(n(-c3ccccc3)c1-c1ccccc1)/C=C\CCCC2. The second-order valence-electron chi connectivity index (χ2n) is 6.99. The molecule has 1 aliphatic carbocycles. The maximum absolute atomic E-state index is 13.1. The molecule has 2 aromatic carbocycles. The first-order valence-electron chi connectivity index (χ1n) is 10.0. The molecule has 28 heavy (non-hydrogen) atoms. The van der Waals surface area contributed by atoms with E-state index in [9.17, 15) is 4.79 Å². The Kier molecular flexibility index (Phi) is 5.43. The summed E-state index contributed by atoms with van der Waals surface area (Å²) < 4.78 is 7.72. The fourth-order valence-corrected chi connectivity index (χ4v) is 3.96. The van der Waals surface area contributed by atoms with Gasteiger partial charge < -0.3 is 9.30 Å². The fraction of sp³-hybridized carbons (Fsp3) is 0.240. The van der Waals surface area contributed by atoms with E-state index in [1.165, 1.54) is 0 Å². The van der Waals surface area contributed by atoms with Crippen LogP contribution < -0.4 is 0 Å². The van der Waals surface area contributed by atoms with Gasteiger partial charge in [-0.25, -0.2) is 4.79 Å². The van der Waals surface area contributed by atoms with Crippen molar-refractivity contribution in [1.82, 2.24) is 4.57 Å². The molecule has 0 aliphatic heterocycles. The lowest BCUT2D eigenvalue weighted by Crippen LogP contribution is -2.09. The molecule has 0 N–H and O–H groups in total. The predicted octanol–water partition coefficient (Wildman–Crippen LogP) is 6.06. The molecule has 0 radical (unpaired) electrons. The summed E-state index contributed by atoms with van der Waals surface area (Å²) in [5, 5.41) is 0. The first-order valence-corrected chi connectivity index (χ1v) is 10.0. The Bertz CT molecular complexity index is 984. The van der Waals surface area contributed by atoms with E-state index in [1.54, 1.807) is 0 Å². The number of ether oxygens (including phenoxy) is 1. The van der Waals surface area contributed by atoms with Crippen LogP contribution in [0.5, 0.6) is 0 Å². The number of allylic oxidation sites excluding steroid dienone is 1. The average Bonchev–Trinajstić information content (AvgIpc) is 3.02. The second-order valence-corrected chi connectivity index (χ2v) is 6.99. The molecule has 0 amide bonds. The lowest BCUT2D eigenvalue weighted by atomic mass is 9.97. The molecule has 3 aromatic rings. The van der Waals surface area contributed by atoms with Gasteiger partial charge in [-0.3, -0.25) is 0 Å². The highest BCUT2D eigenvalue weighted by molar-refractivity contribution is 6.00. The number of hydrogen-bond acceptors (Lipinski definition) is 2. The molecule has 0 unspecified atom stereocenters. The number of esters is 1. The molecule has 0 saturated carbocycles. The predicted molar refractivity (Wildman–Crippen MR) is 114 cm³/mol. The molecule has 0 atom stereocenters. The van der Waals surface area contributed by atoms with Crippen molar-refractivity contribution in [3.8, 4) is 16.9 Å². The van der Waals surface area contributed by atoms with Gasteiger partial charge in [0.05, 0.1) is 17.9 Å². The minimum absolute atomic E-state index is 0.235. The smallest absolute Gasteiger partial charge is 0.340 e. The summed E-state index contributed by atoms with van der Waals surface area (Å²) in [6, 6.07) is 20.4. The molecular formula is C25H25NO2. The number of fused-ring (bicyclic) bond motifs is 1. The van der Waals surface area contributed by atoms with Crippen molar-refractivity contribution in [2.75, 3.05) is 6.61 Å². The highest BCUT2D eigenvalue weighted by Gasteiger charge is 2.28. The lowest BCUT2D eigenvalue weighted by Gasteiger charge is -2.14. The third kappa shape index (κ3) is 3.40. The molecule has 4 rings (SSSR count). The molecule has 0 saturated heterocycles. The van der Waals surface area contributed by atoms with Crippen molar-refractivity contribution in [3.63, 3.8) is 0 Å². The quantitative estimate of drug-likeness (QED) is 0.522. The van der Waals surface area contributed by atoms with Gasteiger partial charge in [0.1, 0.15) is 0 Å². The largest absolute Gasteiger partial charge is 0.462 e. The van der Waals surface area contributed by atoms with E-state index in [0.717, 1.165) is 53.9 Å². The third-order valence-corrected chi connectivity index (χ3v) is 5.18. The highest BCUT2D eigenvalue weighted by atomic mass is 16.5. The Hall–Kier alpha value is -3.07. The van der Waals surface area contributed by atoms with E-state index in [-0.39, 0.29) is 5.97 Å². The molecule has 0 bridgehead atoms. The number of carbonyl (C=O) groups excluding carboxylic acids is 1. The van der Waals surface area contributed by atoms with Crippen molar-refractivity contribution < 1.29 is 9.53 Å². The highest BCUT2D eigenvalue weighted by Crippen LogP contribution is 2.37. The number of benzene rings is 2. The molecule has 3 heteroatoms. The maximum Gasteiger partial charge on any atom is 0.340 e. The minimum atomic E-state index is -0.235. The maximum atomic E-state index is 13.1. The molecule has 0 spiro atoms. The number of nitrogens with zero attached hydrogens (tertiary/aromatic N) is 1. The van der Waals surface area contributed by atoms with Gasteiger partial charge in [-0.1, -0.05) is 54.6 Å². The van der Waals surface area contributed by atoms with E-state index in [4.69, 9.17) is 4.74 Å². The molecule has 0 fully saturated rings. The summed E-state index contributed by atoms with van der Waals surface area (Å²) >= 11 is 0. The summed E-state index contributed by atoms with van der Waals surface area (Å²) in [5.41, 5.74) is 5.89. The number of hydrogen-bond donors (Lipinski definition) is 0. The summed E-state index contributed by atoms with van der Waals surface area (Å²) in [5.74, 6) is -0.235. The van der Waals surface area contributed by atoms with Crippen LogP contribution in [0.1, 0.15) is 47.8 Å². The topological polar surface area (TPSA) is 31.2 Å². The van der Waals surface area contributed by atoms with E-state index >= 15 is 0 Å². The van der Waals surface area contributed by atoms with Crippen LogP contribution in [0.3, 0.4) is 0 Å². The Morgan fingerprint density at radius 3 is 2.43 bits per heavy atom. The van der Waals surface area contributed by atoms with Crippen LogP contribution in [0, 0.1) is 0 Å². The van der Waals surface area contributed by atoms with Crippen molar-refractivity contribution in [3.05, 3.63) is 83.6 Å². The van der Waals surface area contributed by atoms with E-state index in [2.05, 4.69) is 41.0 Å². The molecular weight excluding hydrogens is 346 g/mol. The van der Waals surface area contributed by atoms with Gasteiger partial charge in [0, 0.05) is 11.4 Å². The minimum Gasteiger partial charge on any atom is -0.462 e. The molecule has 142 valence electrons. The van der Waals surface area contributed by atoms with Crippen molar-refractivity contribution >= 4 is 12.0 Å². The third-order valence-electron chi connectivity index (χ3n) is 5.18. The van der Waals surface area contributed by atoms with Crippen LogP contribution in [-0.4, -0.2) is 17.1 Å². The van der Waals surface area contributed by atoms with Gasteiger partial charge in [0.15, 0.2) is 0 Å². The number of carbonyl (C=O) groups is 1. The van der Waals surface area contributed by atoms with Gasteiger partial charge >= 0.3 is 5.97 Å². The first kappa shape index (κ1) is 18.3. The van der Waals surface area contributed by atoms with E-state index in [0.29, 0.717) is 12.2 Å². The van der Waals surface area contributed by atoms with Crippen LogP contribution in [0.4, 0.5) is 0 Å². The van der Waals surface area contributed by atoms with E-state index < -0.39 is 0 Å². The van der Waals surface area contributed by atoms with E-state index in [1.807, 2.05) is 43.3 Å². The second kappa shape index (κ2) is 8.30. The van der Waals surface area contributed by atoms with Gasteiger partial charge in [0.2, 0.25) is 0 Å². The zero-order valence-corrected chi connectivity index (χ0v) is 16.2. The summed E-state index contributed by atoms with van der Waals surface area (Å²) in [7, 11) is 0. The van der Waals surface area contributed by atoms with Gasteiger partial charge in [-0.05, 0) is 61.9 Å². The number of aromatic nitrogens is 1. The Morgan fingerprint density at radius 1 is 1.00 bits per heavy atom. The van der Waals surface area contributed by atoms with Gasteiger partial charge in [-0.15, -0.1) is 0 Å². The summed E-state index contributed by atoms with van der Waals surface area (Å²) in [6.45, 7) is 2.23. The van der Waals surface area contributed by atoms with Crippen LogP contribution in [0.15, 0.2) is 66.7 Å². The average molecular weight is 371 g/mol. The van der Waals surface area contributed by atoms with Crippen LogP contribution in [0.25, 0.3) is 23.0 Å². The fourth-order valence-electron chi connectivity index (χ4n) is 3.96. The van der Waals surface area contributed by atoms with Crippen LogP contribution in [0.2, 0.25) is 0 Å².